The van der Waals surface area contributed by atoms with Crippen LogP contribution in [-0.4, -0.2) is 22.1 Å². The van der Waals surface area contributed by atoms with E-state index in [9.17, 15) is 4.79 Å². The van der Waals surface area contributed by atoms with Crippen LogP contribution in [0.2, 0.25) is 0 Å². The number of H-pyrrole nitrogens is 1. The summed E-state index contributed by atoms with van der Waals surface area (Å²) in [5.74, 6) is 1.14. The van der Waals surface area contributed by atoms with Crippen LogP contribution < -0.4 is 5.32 Å². The van der Waals surface area contributed by atoms with E-state index >= 15 is 0 Å². The normalized spacial score (nSPS) is 21.7. The monoisotopic (exact) mass is 311 g/mol. The summed E-state index contributed by atoms with van der Waals surface area (Å²) in [5.41, 5.74) is 1.38. The summed E-state index contributed by atoms with van der Waals surface area (Å²) < 4.78 is 0. The molecule has 0 radical (unpaired) electrons. The molecule has 1 aliphatic rings. The molecule has 5 heteroatoms. The first-order chi connectivity index (χ1) is 10.7. The number of aromatic amines is 1. The van der Waals surface area contributed by atoms with Gasteiger partial charge in [-0.15, -0.1) is 11.3 Å². The van der Waals surface area contributed by atoms with Crippen molar-refractivity contribution in [3.05, 3.63) is 53.0 Å². The molecule has 0 saturated heterocycles. The summed E-state index contributed by atoms with van der Waals surface area (Å²) in [7, 11) is 0. The molecule has 22 heavy (non-hydrogen) atoms. The van der Waals surface area contributed by atoms with Crippen LogP contribution in [0.4, 0.5) is 0 Å². The van der Waals surface area contributed by atoms with Crippen LogP contribution in [0.15, 0.2) is 42.6 Å². The molecular weight excluding hydrogens is 294 g/mol. The van der Waals surface area contributed by atoms with E-state index in [1.54, 1.807) is 6.20 Å². The lowest BCUT2D eigenvalue weighted by atomic mass is 10.1. The molecule has 4 rings (SSSR count). The number of carbonyl (C=O) groups excluding carboxylic acids is 1. The Balaban J connectivity index is 1.41. The van der Waals surface area contributed by atoms with Crippen LogP contribution >= 0.6 is 11.3 Å². The maximum atomic E-state index is 12.4. The van der Waals surface area contributed by atoms with Crippen LogP contribution in [0.3, 0.4) is 0 Å². The van der Waals surface area contributed by atoms with E-state index in [0.717, 1.165) is 21.5 Å². The lowest BCUT2D eigenvalue weighted by Crippen LogP contribution is -2.33. The van der Waals surface area contributed by atoms with E-state index in [0.29, 0.717) is 11.8 Å². The predicted octanol–water partition coefficient (Wildman–Crippen LogP) is 3.55. The van der Waals surface area contributed by atoms with Crippen molar-refractivity contribution in [2.75, 3.05) is 0 Å². The number of benzene rings is 1. The Labute approximate surface area is 132 Å². The van der Waals surface area contributed by atoms with Crippen LogP contribution in [0.1, 0.15) is 34.5 Å². The van der Waals surface area contributed by atoms with Gasteiger partial charge in [0.2, 0.25) is 0 Å². The zero-order valence-electron chi connectivity index (χ0n) is 12.2. The summed E-state index contributed by atoms with van der Waals surface area (Å²) in [6.07, 6.45) is 2.90. The molecule has 1 aromatic carbocycles. The molecule has 3 unspecified atom stereocenters. The minimum Gasteiger partial charge on any atom is -0.349 e. The summed E-state index contributed by atoms with van der Waals surface area (Å²) in [6.45, 7) is 2.10. The maximum Gasteiger partial charge on any atom is 0.261 e. The van der Waals surface area contributed by atoms with Crippen molar-refractivity contribution in [2.45, 2.75) is 25.3 Å². The van der Waals surface area contributed by atoms with Crippen LogP contribution in [-0.2, 0) is 0 Å². The number of thiophene rings is 1. The number of nitrogens with one attached hydrogen (secondary N) is 2. The summed E-state index contributed by atoms with van der Waals surface area (Å²) in [4.78, 5) is 14.1. The van der Waals surface area contributed by atoms with Crippen molar-refractivity contribution in [2.24, 2.45) is 5.92 Å². The maximum absolute atomic E-state index is 12.4. The first kappa shape index (κ1) is 13.5. The molecule has 2 heterocycles. The van der Waals surface area contributed by atoms with E-state index in [4.69, 9.17) is 0 Å². The zero-order valence-corrected chi connectivity index (χ0v) is 13.1. The first-order valence-corrected chi connectivity index (χ1v) is 8.33. The number of nitrogens with zero attached hydrogens (tertiary/aromatic N) is 1. The fraction of sp³-hybridized carbons (Fsp3) is 0.294. The summed E-state index contributed by atoms with van der Waals surface area (Å²) in [6, 6.07) is 12.6. The smallest absolute Gasteiger partial charge is 0.261 e. The molecule has 1 amide bonds. The second kappa shape index (κ2) is 5.25. The van der Waals surface area contributed by atoms with E-state index < -0.39 is 0 Å². The van der Waals surface area contributed by atoms with Gasteiger partial charge in [-0.3, -0.25) is 9.89 Å². The SMILES string of the molecule is CC(NC(=O)c1cc2cn[nH]c2s1)C1CC1c1ccccc1. The molecular formula is C17H17N3OS. The number of fused-ring (bicyclic) bond motifs is 1. The van der Waals surface area contributed by atoms with Crippen molar-refractivity contribution in [3.8, 4) is 0 Å². The summed E-state index contributed by atoms with van der Waals surface area (Å²) >= 11 is 1.45. The number of amides is 1. The van der Waals surface area contributed by atoms with Crippen molar-refractivity contribution in [1.82, 2.24) is 15.5 Å². The highest BCUT2D eigenvalue weighted by Gasteiger charge is 2.42. The fourth-order valence-corrected chi connectivity index (χ4v) is 3.98. The minimum atomic E-state index is 0.0146. The second-order valence-electron chi connectivity index (χ2n) is 5.94. The Morgan fingerprint density at radius 2 is 2.23 bits per heavy atom. The van der Waals surface area contributed by atoms with Gasteiger partial charge in [0, 0.05) is 11.4 Å². The number of hydrogen-bond donors (Lipinski definition) is 2. The zero-order chi connectivity index (χ0) is 15.1. The van der Waals surface area contributed by atoms with E-state index in [2.05, 4.69) is 46.7 Å². The third-order valence-electron chi connectivity index (χ3n) is 4.42. The highest BCUT2D eigenvalue weighted by atomic mass is 32.1. The minimum absolute atomic E-state index is 0.0146. The molecule has 112 valence electrons. The van der Waals surface area contributed by atoms with E-state index in [1.807, 2.05) is 12.1 Å². The van der Waals surface area contributed by atoms with E-state index in [1.165, 1.54) is 16.9 Å². The van der Waals surface area contributed by atoms with Crippen LogP contribution in [0.5, 0.6) is 0 Å². The van der Waals surface area contributed by atoms with Crippen LogP contribution in [0.25, 0.3) is 10.2 Å². The highest BCUT2D eigenvalue weighted by Crippen LogP contribution is 2.49. The number of rotatable bonds is 4. The molecule has 0 spiro atoms. The molecule has 3 aromatic rings. The predicted molar refractivity (Wildman–Crippen MR) is 88.2 cm³/mol. The Kier molecular flexibility index (Phi) is 3.22. The average Bonchev–Trinajstić information content (AvgIpc) is 3.04. The average molecular weight is 311 g/mol. The Bertz CT molecular complexity index is 779. The molecule has 1 saturated carbocycles. The number of hydrogen-bond acceptors (Lipinski definition) is 3. The molecule has 0 aliphatic heterocycles. The molecule has 2 N–H and O–H groups in total. The van der Waals surface area contributed by atoms with Gasteiger partial charge in [-0.1, -0.05) is 30.3 Å². The van der Waals surface area contributed by atoms with Crippen molar-refractivity contribution in [3.63, 3.8) is 0 Å². The summed E-state index contributed by atoms with van der Waals surface area (Å²) in [5, 5.41) is 11.0. The first-order valence-electron chi connectivity index (χ1n) is 7.51. The Morgan fingerprint density at radius 3 is 3.00 bits per heavy atom. The standard InChI is InChI=1S/C17H17N3OS/c1-10(13-8-14(13)11-5-3-2-4-6-11)19-16(21)15-7-12-9-18-20-17(12)22-15/h2-7,9-10,13-14H,8H2,1H3,(H,18,20)(H,19,21). The molecule has 2 aromatic heterocycles. The van der Waals surface area contributed by atoms with Crippen LogP contribution in [0, 0.1) is 5.92 Å². The molecule has 1 fully saturated rings. The third-order valence-corrected chi connectivity index (χ3v) is 5.48. The number of aromatic nitrogens is 2. The van der Waals surface area contributed by atoms with Gasteiger partial charge < -0.3 is 5.32 Å². The van der Waals surface area contributed by atoms with Crippen molar-refractivity contribution < 1.29 is 4.79 Å². The van der Waals surface area contributed by atoms with Gasteiger partial charge in [0.1, 0.15) is 4.83 Å². The molecule has 3 atom stereocenters. The van der Waals surface area contributed by atoms with Gasteiger partial charge in [-0.2, -0.15) is 5.10 Å². The van der Waals surface area contributed by atoms with Crippen molar-refractivity contribution >= 4 is 27.5 Å². The fourth-order valence-electron chi connectivity index (χ4n) is 3.10. The van der Waals surface area contributed by atoms with Gasteiger partial charge in [-0.05, 0) is 36.8 Å². The quantitative estimate of drug-likeness (QED) is 0.774. The lowest BCUT2D eigenvalue weighted by Gasteiger charge is -2.13. The largest absolute Gasteiger partial charge is 0.349 e. The van der Waals surface area contributed by atoms with Gasteiger partial charge in [0.25, 0.3) is 5.91 Å². The second-order valence-corrected chi connectivity index (χ2v) is 7.00. The topological polar surface area (TPSA) is 57.8 Å². The van der Waals surface area contributed by atoms with Gasteiger partial charge in [0.15, 0.2) is 0 Å². The number of carbonyl (C=O) groups is 1. The highest BCUT2D eigenvalue weighted by molar-refractivity contribution is 7.20. The molecule has 4 nitrogen and oxygen atoms in total. The Morgan fingerprint density at radius 1 is 1.41 bits per heavy atom. The van der Waals surface area contributed by atoms with Gasteiger partial charge >= 0.3 is 0 Å². The molecule has 1 aliphatic carbocycles. The van der Waals surface area contributed by atoms with Gasteiger partial charge in [0.05, 0.1) is 11.1 Å². The third kappa shape index (κ3) is 2.41. The molecule has 0 bridgehead atoms. The van der Waals surface area contributed by atoms with E-state index in [-0.39, 0.29) is 11.9 Å². The van der Waals surface area contributed by atoms with Gasteiger partial charge in [-0.25, -0.2) is 0 Å². The lowest BCUT2D eigenvalue weighted by molar-refractivity contribution is 0.0939. The van der Waals surface area contributed by atoms with Crippen molar-refractivity contribution in [1.29, 1.82) is 0 Å². The Hall–Kier alpha value is -2.14.